The molecular formula is C17H16F4N4O2S. The summed E-state index contributed by atoms with van der Waals surface area (Å²) in [6, 6.07) is 7.12. The Hall–Kier alpha value is -2.92. The Morgan fingerprint density at radius 2 is 2.04 bits per heavy atom. The lowest BCUT2D eigenvalue weighted by Crippen LogP contribution is -2.21. The van der Waals surface area contributed by atoms with Crippen LogP contribution in [0.1, 0.15) is 10.4 Å². The smallest absolute Gasteiger partial charge is 0.475 e. The number of aliphatic carboxylic acids is 1. The van der Waals surface area contributed by atoms with Crippen LogP contribution in [-0.4, -0.2) is 26.8 Å². The molecule has 3 rings (SSSR count). The molecule has 0 radical (unpaired) electrons. The molecular weight excluding hydrogens is 400 g/mol. The Labute approximate surface area is 161 Å². The number of nitrogens with one attached hydrogen (secondary N) is 1. The molecule has 2 aromatic heterocycles. The lowest BCUT2D eigenvalue weighted by atomic mass is 10.2. The van der Waals surface area contributed by atoms with E-state index in [0.717, 1.165) is 11.4 Å². The first-order valence-corrected chi connectivity index (χ1v) is 8.67. The molecule has 0 atom stereocenters. The van der Waals surface area contributed by atoms with Gasteiger partial charge in [-0.05, 0) is 18.2 Å². The van der Waals surface area contributed by atoms with E-state index in [9.17, 15) is 17.6 Å². The number of carbonyl (C=O) groups is 1. The molecule has 0 fully saturated rings. The number of carboxylic acid groups (broad SMARTS) is 1. The molecule has 28 heavy (non-hydrogen) atoms. The fraction of sp³-hybridized carbons (Fsp3) is 0.176. The lowest BCUT2D eigenvalue weighted by molar-refractivity contribution is -0.192. The summed E-state index contributed by atoms with van der Waals surface area (Å²) in [7, 11) is 0. The van der Waals surface area contributed by atoms with E-state index < -0.39 is 12.1 Å². The van der Waals surface area contributed by atoms with Crippen molar-refractivity contribution in [3.05, 3.63) is 64.6 Å². The van der Waals surface area contributed by atoms with Gasteiger partial charge in [0.25, 0.3) is 0 Å². The van der Waals surface area contributed by atoms with Crippen LogP contribution in [-0.2, 0) is 17.9 Å². The van der Waals surface area contributed by atoms with Crippen LogP contribution in [0, 0.1) is 5.82 Å². The van der Waals surface area contributed by atoms with Crippen LogP contribution < -0.4 is 11.1 Å². The van der Waals surface area contributed by atoms with Gasteiger partial charge in [-0.2, -0.15) is 13.2 Å². The minimum Gasteiger partial charge on any atom is -0.475 e. The summed E-state index contributed by atoms with van der Waals surface area (Å²) in [4.78, 5) is 14.1. The van der Waals surface area contributed by atoms with E-state index in [-0.39, 0.29) is 12.4 Å². The molecule has 6 nitrogen and oxygen atoms in total. The predicted molar refractivity (Wildman–Crippen MR) is 96.7 cm³/mol. The molecule has 0 saturated carbocycles. The Morgan fingerprint density at radius 1 is 1.32 bits per heavy atom. The fourth-order valence-corrected chi connectivity index (χ4v) is 2.83. The first-order chi connectivity index (χ1) is 13.2. The Bertz CT molecular complexity index is 910. The summed E-state index contributed by atoms with van der Waals surface area (Å²) in [6.45, 7) is 0.867. The van der Waals surface area contributed by atoms with Crippen LogP contribution in [0.3, 0.4) is 0 Å². The monoisotopic (exact) mass is 416 g/mol. The molecule has 0 aliphatic rings. The van der Waals surface area contributed by atoms with Crippen molar-refractivity contribution >= 4 is 23.0 Å². The van der Waals surface area contributed by atoms with Crippen molar-refractivity contribution in [1.82, 2.24) is 9.55 Å². The van der Waals surface area contributed by atoms with Gasteiger partial charge in [0, 0.05) is 47.0 Å². The number of anilines is 1. The van der Waals surface area contributed by atoms with Gasteiger partial charge in [0.05, 0.1) is 12.0 Å². The molecule has 0 unspecified atom stereocenters. The quantitative estimate of drug-likeness (QED) is 0.551. The van der Waals surface area contributed by atoms with E-state index in [4.69, 9.17) is 15.6 Å². The number of hydrogen-bond acceptors (Lipinski definition) is 5. The maximum atomic E-state index is 13.6. The van der Waals surface area contributed by atoms with E-state index in [1.807, 2.05) is 16.8 Å². The standard InChI is InChI=1S/C15H15FN4S.C2HF3O2/c16-15-5-12(2-1-11(15)7-17)19-8-14-6-13(9-21-14)20-4-3-18-10-20;3-2(4,5)1(6)7/h1-6,9-10,19H,7-8,17H2;(H,6,7). The highest BCUT2D eigenvalue weighted by molar-refractivity contribution is 7.10. The van der Waals surface area contributed by atoms with Crippen LogP contribution in [0.25, 0.3) is 5.69 Å². The predicted octanol–water partition coefficient (Wildman–Crippen LogP) is 3.78. The third-order valence-electron chi connectivity index (χ3n) is 3.42. The topological polar surface area (TPSA) is 93.2 Å². The molecule has 3 aromatic rings. The molecule has 0 spiro atoms. The first-order valence-electron chi connectivity index (χ1n) is 7.79. The highest BCUT2D eigenvalue weighted by Gasteiger charge is 2.38. The van der Waals surface area contributed by atoms with E-state index in [2.05, 4.69) is 21.7 Å². The molecule has 0 aliphatic heterocycles. The number of halogens is 4. The number of carboxylic acids is 1. The molecule has 0 aliphatic carbocycles. The van der Waals surface area contributed by atoms with Crippen molar-refractivity contribution in [2.45, 2.75) is 19.3 Å². The fourth-order valence-electron chi connectivity index (χ4n) is 2.02. The zero-order valence-electron chi connectivity index (χ0n) is 14.3. The third kappa shape index (κ3) is 6.06. The van der Waals surface area contributed by atoms with Crippen molar-refractivity contribution in [2.24, 2.45) is 5.73 Å². The number of imidazole rings is 1. The van der Waals surface area contributed by atoms with Gasteiger partial charge in [0.1, 0.15) is 5.82 Å². The average molecular weight is 416 g/mol. The van der Waals surface area contributed by atoms with E-state index in [0.29, 0.717) is 12.1 Å². The number of alkyl halides is 3. The van der Waals surface area contributed by atoms with E-state index in [1.54, 1.807) is 29.9 Å². The number of benzene rings is 1. The molecule has 1 aromatic carbocycles. The summed E-state index contributed by atoms with van der Waals surface area (Å²) >= 11 is 1.65. The van der Waals surface area contributed by atoms with Crippen LogP contribution in [0.15, 0.2) is 48.4 Å². The zero-order chi connectivity index (χ0) is 20.7. The third-order valence-corrected chi connectivity index (χ3v) is 4.35. The minimum absolute atomic E-state index is 0.214. The molecule has 11 heteroatoms. The lowest BCUT2D eigenvalue weighted by Gasteiger charge is -2.07. The van der Waals surface area contributed by atoms with Crippen LogP contribution >= 0.6 is 11.3 Å². The maximum Gasteiger partial charge on any atom is 0.490 e. The second-order valence-corrected chi connectivity index (χ2v) is 6.40. The number of nitrogens with two attached hydrogens (primary N) is 1. The Kier molecular flexibility index (Phi) is 7.12. The van der Waals surface area contributed by atoms with Gasteiger partial charge in [-0.15, -0.1) is 11.3 Å². The largest absolute Gasteiger partial charge is 0.490 e. The van der Waals surface area contributed by atoms with Crippen molar-refractivity contribution < 1.29 is 27.5 Å². The van der Waals surface area contributed by atoms with Gasteiger partial charge in [-0.1, -0.05) is 6.07 Å². The van der Waals surface area contributed by atoms with Gasteiger partial charge >= 0.3 is 12.1 Å². The molecule has 150 valence electrons. The number of aromatic nitrogens is 2. The van der Waals surface area contributed by atoms with Gasteiger partial charge in [-0.25, -0.2) is 14.2 Å². The number of thiophene rings is 1. The van der Waals surface area contributed by atoms with Crippen LogP contribution in [0.4, 0.5) is 23.2 Å². The number of nitrogens with zero attached hydrogens (tertiary/aromatic N) is 2. The summed E-state index contributed by atoms with van der Waals surface area (Å²) in [5, 5.41) is 12.4. The minimum atomic E-state index is -5.08. The SMILES string of the molecule is NCc1ccc(NCc2cc(-n3ccnc3)cs2)cc1F.O=C(O)C(F)(F)F. The zero-order valence-corrected chi connectivity index (χ0v) is 15.1. The Balaban J connectivity index is 0.000000345. The molecule has 0 amide bonds. The van der Waals surface area contributed by atoms with Crippen molar-refractivity contribution in [1.29, 1.82) is 0 Å². The highest BCUT2D eigenvalue weighted by atomic mass is 32.1. The summed E-state index contributed by atoms with van der Waals surface area (Å²) in [5.74, 6) is -3.03. The maximum absolute atomic E-state index is 13.6. The summed E-state index contributed by atoms with van der Waals surface area (Å²) in [5.41, 5.74) is 7.81. The highest BCUT2D eigenvalue weighted by Crippen LogP contribution is 2.21. The number of hydrogen-bond donors (Lipinski definition) is 3. The van der Waals surface area contributed by atoms with E-state index >= 15 is 0 Å². The van der Waals surface area contributed by atoms with Gasteiger partial charge < -0.3 is 20.7 Å². The van der Waals surface area contributed by atoms with Crippen molar-refractivity contribution in [2.75, 3.05) is 5.32 Å². The average Bonchev–Trinajstić information content (AvgIpc) is 3.31. The first kappa shape index (κ1) is 21.4. The van der Waals surface area contributed by atoms with E-state index in [1.165, 1.54) is 10.9 Å². The summed E-state index contributed by atoms with van der Waals surface area (Å²) < 4.78 is 47.3. The van der Waals surface area contributed by atoms with Gasteiger partial charge in [0.2, 0.25) is 0 Å². The Morgan fingerprint density at radius 3 is 2.57 bits per heavy atom. The second kappa shape index (κ2) is 9.33. The second-order valence-electron chi connectivity index (χ2n) is 5.41. The molecule has 0 bridgehead atoms. The van der Waals surface area contributed by atoms with Gasteiger partial charge in [0.15, 0.2) is 0 Å². The van der Waals surface area contributed by atoms with Crippen molar-refractivity contribution in [3.8, 4) is 5.69 Å². The molecule has 4 N–H and O–H groups in total. The number of rotatable bonds is 5. The summed E-state index contributed by atoms with van der Waals surface area (Å²) in [6.07, 6.45) is 0.331. The molecule has 2 heterocycles. The molecule has 0 saturated heterocycles. The van der Waals surface area contributed by atoms with Crippen LogP contribution in [0.5, 0.6) is 0 Å². The van der Waals surface area contributed by atoms with Gasteiger partial charge in [-0.3, -0.25) is 0 Å². The van der Waals surface area contributed by atoms with Crippen molar-refractivity contribution in [3.63, 3.8) is 0 Å². The normalized spacial score (nSPS) is 10.9. The van der Waals surface area contributed by atoms with Crippen LogP contribution in [0.2, 0.25) is 0 Å².